The normalized spacial score (nSPS) is 13.3. The summed E-state index contributed by atoms with van der Waals surface area (Å²) in [5.41, 5.74) is 8.93. The Morgan fingerprint density at radius 1 is 1.30 bits per heavy atom. The van der Waals surface area contributed by atoms with E-state index in [9.17, 15) is 0 Å². The SMILES string of the molecule is COc1ccc(-c2nc3n(c2CN)CCS3)cc1OC. The lowest BCUT2D eigenvalue weighted by molar-refractivity contribution is 0.355. The van der Waals surface area contributed by atoms with Crippen LogP contribution in [0.2, 0.25) is 0 Å². The number of thioether (sulfide) groups is 1. The number of hydrogen-bond acceptors (Lipinski definition) is 5. The maximum absolute atomic E-state index is 5.91. The number of nitrogens with zero attached hydrogens (tertiary/aromatic N) is 2. The number of nitrogens with two attached hydrogens (primary N) is 1. The van der Waals surface area contributed by atoms with Crippen molar-refractivity contribution in [1.29, 1.82) is 0 Å². The van der Waals surface area contributed by atoms with E-state index in [1.807, 2.05) is 18.2 Å². The summed E-state index contributed by atoms with van der Waals surface area (Å²) < 4.78 is 12.8. The number of methoxy groups -OCH3 is 2. The molecule has 1 aliphatic heterocycles. The van der Waals surface area contributed by atoms with Gasteiger partial charge in [0.1, 0.15) is 0 Å². The average Bonchev–Trinajstić information content (AvgIpc) is 3.06. The van der Waals surface area contributed by atoms with E-state index in [2.05, 4.69) is 4.57 Å². The van der Waals surface area contributed by atoms with Crippen molar-refractivity contribution in [3.8, 4) is 22.8 Å². The highest BCUT2D eigenvalue weighted by molar-refractivity contribution is 7.99. The van der Waals surface area contributed by atoms with Crippen LogP contribution in [0.5, 0.6) is 11.5 Å². The maximum atomic E-state index is 5.91. The van der Waals surface area contributed by atoms with Crippen LogP contribution in [0.3, 0.4) is 0 Å². The van der Waals surface area contributed by atoms with Crippen LogP contribution in [0.4, 0.5) is 0 Å². The number of rotatable bonds is 4. The standard InChI is InChI=1S/C14H17N3O2S/c1-18-11-4-3-9(7-12(11)19-2)13-10(8-15)17-5-6-20-14(17)16-13/h3-4,7H,5-6,8,15H2,1-2H3. The number of benzene rings is 1. The lowest BCUT2D eigenvalue weighted by Gasteiger charge is -2.10. The van der Waals surface area contributed by atoms with E-state index in [0.29, 0.717) is 18.0 Å². The summed E-state index contributed by atoms with van der Waals surface area (Å²) >= 11 is 1.77. The van der Waals surface area contributed by atoms with Gasteiger partial charge in [-0.15, -0.1) is 0 Å². The Balaban J connectivity index is 2.09. The van der Waals surface area contributed by atoms with Gasteiger partial charge in [0.25, 0.3) is 0 Å². The Kier molecular flexibility index (Phi) is 3.58. The van der Waals surface area contributed by atoms with E-state index < -0.39 is 0 Å². The molecular weight excluding hydrogens is 274 g/mol. The van der Waals surface area contributed by atoms with Gasteiger partial charge in [0, 0.05) is 24.4 Å². The fourth-order valence-electron chi connectivity index (χ4n) is 2.45. The molecular formula is C14H17N3O2S. The first-order valence-corrected chi connectivity index (χ1v) is 7.41. The summed E-state index contributed by atoms with van der Waals surface area (Å²) in [6.07, 6.45) is 0. The molecule has 1 aromatic carbocycles. The molecule has 0 fully saturated rings. The van der Waals surface area contributed by atoms with Crippen LogP contribution in [0, 0.1) is 0 Å². The van der Waals surface area contributed by atoms with Gasteiger partial charge in [-0.25, -0.2) is 4.98 Å². The highest BCUT2D eigenvalue weighted by Crippen LogP contribution is 2.36. The van der Waals surface area contributed by atoms with E-state index >= 15 is 0 Å². The second-order valence-electron chi connectivity index (χ2n) is 4.46. The van der Waals surface area contributed by atoms with Crippen molar-refractivity contribution in [3.63, 3.8) is 0 Å². The van der Waals surface area contributed by atoms with Crippen molar-refractivity contribution < 1.29 is 9.47 Å². The minimum atomic E-state index is 0.483. The summed E-state index contributed by atoms with van der Waals surface area (Å²) in [6, 6.07) is 5.83. The first kappa shape index (κ1) is 13.3. The molecule has 3 rings (SSSR count). The molecule has 0 unspecified atom stereocenters. The highest BCUT2D eigenvalue weighted by atomic mass is 32.2. The highest BCUT2D eigenvalue weighted by Gasteiger charge is 2.22. The van der Waals surface area contributed by atoms with Crippen LogP contribution in [0.25, 0.3) is 11.3 Å². The number of aromatic nitrogens is 2. The van der Waals surface area contributed by atoms with Crippen LogP contribution in [-0.4, -0.2) is 29.5 Å². The molecule has 0 aliphatic carbocycles. The van der Waals surface area contributed by atoms with Gasteiger partial charge in [0.15, 0.2) is 16.7 Å². The first-order valence-electron chi connectivity index (χ1n) is 6.43. The summed E-state index contributed by atoms with van der Waals surface area (Å²) in [5, 5.41) is 1.05. The Hall–Kier alpha value is -1.66. The van der Waals surface area contributed by atoms with E-state index in [4.69, 9.17) is 20.2 Å². The monoisotopic (exact) mass is 291 g/mol. The molecule has 1 aromatic heterocycles. The Labute approximate surface area is 122 Å². The second kappa shape index (κ2) is 5.38. The van der Waals surface area contributed by atoms with Crippen LogP contribution in [0.1, 0.15) is 5.69 Å². The van der Waals surface area contributed by atoms with Gasteiger partial charge in [-0.1, -0.05) is 11.8 Å². The minimum Gasteiger partial charge on any atom is -0.493 e. The molecule has 20 heavy (non-hydrogen) atoms. The van der Waals surface area contributed by atoms with Gasteiger partial charge in [-0.2, -0.15) is 0 Å². The van der Waals surface area contributed by atoms with Gasteiger partial charge in [-0.05, 0) is 18.2 Å². The minimum absolute atomic E-state index is 0.483. The number of imidazole rings is 1. The number of ether oxygens (including phenoxy) is 2. The van der Waals surface area contributed by atoms with E-state index in [-0.39, 0.29) is 0 Å². The van der Waals surface area contributed by atoms with Crippen molar-refractivity contribution in [2.75, 3.05) is 20.0 Å². The molecule has 106 valence electrons. The van der Waals surface area contributed by atoms with Gasteiger partial charge >= 0.3 is 0 Å². The van der Waals surface area contributed by atoms with E-state index in [1.165, 1.54) is 0 Å². The number of hydrogen-bond donors (Lipinski definition) is 1. The summed E-state index contributed by atoms with van der Waals surface area (Å²) in [5.74, 6) is 2.49. The third-order valence-corrected chi connectivity index (χ3v) is 4.39. The second-order valence-corrected chi connectivity index (χ2v) is 5.53. The fraction of sp³-hybridized carbons (Fsp3) is 0.357. The van der Waals surface area contributed by atoms with Crippen LogP contribution >= 0.6 is 11.8 Å². The van der Waals surface area contributed by atoms with Crippen LogP contribution in [-0.2, 0) is 13.1 Å². The van der Waals surface area contributed by atoms with E-state index in [0.717, 1.165) is 34.4 Å². The largest absolute Gasteiger partial charge is 0.493 e. The molecule has 0 saturated carbocycles. The van der Waals surface area contributed by atoms with Crippen LogP contribution < -0.4 is 15.2 Å². The van der Waals surface area contributed by atoms with Crippen LogP contribution in [0.15, 0.2) is 23.4 Å². The van der Waals surface area contributed by atoms with Gasteiger partial charge < -0.3 is 19.8 Å². The molecule has 0 saturated heterocycles. The third-order valence-electron chi connectivity index (χ3n) is 3.43. The number of fused-ring (bicyclic) bond motifs is 1. The average molecular weight is 291 g/mol. The first-order chi connectivity index (χ1) is 9.78. The van der Waals surface area contributed by atoms with Gasteiger partial charge in [0.05, 0.1) is 25.6 Å². The Morgan fingerprint density at radius 3 is 2.80 bits per heavy atom. The molecule has 2 aromatic rings. The molecule has 0 radical (unpaired) electrons. The van der Waals surface area contributed by atoms with Crippen molar-refractivity contribution in [3.05, 3.63) is 23.9 Å². The molecule has 0 spiro atoms. The Morgan fingerprint density at radius 2 is 2.10 bits per heavy atom. The molecule has 2 N–H and O–H groups in total. The summed E-state index contributed by atoms with van der Waals surface area (Å²) in [6.45, 7) is 1.46. The van der Waals surface area contributed by atoms with Gasteiger partial charge in [0.2, 0.25) is 0 Å². The maximum Gasteiger partial charge on any atom is 0.168 e. The third kappa shape index (κ3) is 2.05. The van der Waals surface area contributed by atoms with Crippen molar-refractivity contribution in [1.82, 2.24) is 9.55 Å². The Bertz CT molecular complexity index is 640. The zero-order valence-corrected chi connectivity index (χ0v) is 12.4. The summed E-state index contributed by atoms with van der Waals surface area (Å²) in [7, 11) is 3.26. The molecule has 0 bridgehead atoms. The topological polar surface area (TPSA) is 62.3 Å². The zero-order valence-electron chi connectivity index (χ0n) is 11.5. The lowest BCUT2D eigenvalue weighted by Crippen LogP contribution is -2.07. The molecule has 6 heteroatoms. The fourth-order valence-corrected chi connectivity index (χ4v) is 3.42. The predicted octanol–water partition coefficient (Wildman–Crippen LogP) is 2.13. The predicted molar refractivity (Wildman–Crippen MR) is 79.4 cm³/mol. The smallest absolute Gasteiger partial charge is 0.168 e. The molecule has 5 nitrogen and oxygen atoms in total. The van der Waals surface area contributed by atoms with Gasteiger partial charge in [-0.3, -0.25) is 0 Å². The van der Waals surface area contributed by atoms with E-state index in [1.54, 1.807) is 26.0 Å². The van der Waals surface area contributed by atoms with Crippen molar-refractivity contribution in [2.24, 2.45) is 5.73 Å². The zero-order chi connectivity index (χ0) is 14.1. The molecule has 1 aliphatic rings. The quantitative estimate of drug-likeness (QED) is 0.935. The lowest BCUT2D eigenvalue weighted by atomic mass is 10.1. The molecule has 0 amide bonds. The molecule has 2 heterocycles. The molecule has 0 atom stereocenters. The summed E-state index contributed by atoms with van der Waals surface area (Å²) in [4.78, 5) is 4.71. The van der Waals surface area contributed by atoms with Crippen molar-refractivity contribution in [2.45, 2.75) is 18.2 Å². The van der Waals surface area contributed by atoms with Crippen molar-refractivity contribution >= 4 is 11.8 Å².